The molecule has 1 aromatic rings. The molecule has 0 aromatic heterocycles. The molecule has 13 heavy (non-hydrogen) atoms. The smallest absolute Gasteiger partial charge is 0.0363 e. The number of rotatable bonds is 4. The van der Waals surface area contributed by atoms with Gasteiger partial charge in [-0.15, -0.1) is 7.92 Å². The summed E-state index contributed by atoms with van der Waals surface area (Å²) in [5, 5.41) is 0. The molecule has 2 heteroatoms. The molecule has 0 aliphatic carbocycles. The highest BCUT2D eigenvalue weighted by atomic mass is 31.1. The van der Waals surface area contributed by atoms with E-state index in [9.17, 15) is 0 Å². The van der Waals surface area contributed by atoms with Gasteiger partial charge in [-0.05, 0) is 31.6 Å². The number of hydrogen-bond acceptors (Lipinski definition) is 1. The molecule has 0 atom stereocenters. The quantitative estimate of drug-likeness (QED) is 0.668. The van der Waals surface area contributed by atoms with Crippen LogP contribution in [0.25, 0.3) is 0 Å². The molecule has 1 rings (SSSR count). The SMILES string of the molecule is CN(CCP(C)C)c1ccccc1. The fraction of sp³-hybridized carbons (Fsp3) is 0.455. The van der Waals surface area contributed by atoms with Crippen LogP contribution in [0.15, 0.2) is 30.3 Å². The van der Waals surface area contributed by atoms with Gasteiger partial charge < -0.3 is 4.90 Å². The average Bonchev–Trinajstić information content (AvgIpc) is 2.15. The molecule has 1 aromatic carbocycles. The van der Waals surface area contributed by atoms with E-state index in [2.05, 4.69) is 55.6 Å². The molecule has 72 valence electrons. The zero-order chi connectivity index (χ0) is 9.68. The third-order valence-electron chi connectivity index (χ3n) is 2.08. The van der Waals surface area contributed by atoms with E-state index in [0.29, 0.717) is 0 Å². The molecular formula is C11H18NP. The summed E-state index contributed by atoms with van der Waals surface area (Å²) in [4.78, 5) is 2.32. The van der Waals surface area contributed by atoms with Gasteiger partial charge in [0.25, 0.3) is 0 Å². The highest BCUT2D eigenvalue weighted by molar-refractivity contribution is 7.56. The van der Waals surface area contributed by atoms with Gasteiger partial charge in [0.05, 0.1) is 0 Å². The summed E-state index contributed by atoms with van der Waals surface area (Å²) in [5.41, 5.74) is 1.32. The summed E-state index contributed by atoms with van der Waals surface area (Å²) in [6.07, 6.45) is 1.32. The highest BCUT2D eigenvalue weighted by Crippen LogP contribution is 2.24. The van der Waals surface area contributed by atoms with E-state index >= 15 is 0 Å². The molecule has 0 fully saturated rings. The Labute approximate surface area is 82.5 Å². The van der Waals surface area contributed by atoms with E-state index in [-0.39, 0.29) is 7.92 Å². The van der Waals surface area contributed by atoms with Crippen molar-refractivity contribution in [3.8, 4) is 0 Å². The topological polar surface area (TPSA) is 3.24 Å². The van der Waals surface area contributed by atoms with Crippen LogP contribution in [0.5, 0.6) is 0 Å². The standard InChI is InChI=1S/C11H18NP/c1-12(9-10-13(2)3)11-7-5-4-6-8-11/h4-8H,9-10H2,1-3H3. The van der Waals surface area contributed by atoms with Gasteiger partial charge in [-0.3, -0.25) is 0 Å². The largest absolute Gasteiger partial charge is 0.374 e. The number of nitrogens with zero attached hydrogens (tertiary/aromatic N) is 1. The maximum Gasteiger partial charge on any atom is 0.0363 e. The molecule has 0 spiro atoms. The van der Waals surface area contributed by atoms with Gasteiger partial charge in [0.15, 0.2) is 0 Å². The fourth-order valence-corrected chi connectivity index (χ4v) is 1.86. The van der Waals surface area contributed by atoms with E-state index in [1.165, 1.54) is 18.4 Å². The summed E-state index contributed by atoms with van der Waals surface area (Å²) in [6.45, 7) is 5.82. The van der Waals surface area contributed by atoms with Crippen molar-refractivity contribution in [2.45, 2.75) is 0 Å². The molecule has 0 aliphatic rings. The molecule has 0 heterocycles. The van der Waals surface area contributed by atoms with Gasteiger partial charge in [0, 0.05) is 19.3 Å². The van der Waals surface area contributed by atoms with Crippen LogP contribution in [-0.2, 0) is 0 Å². The minimum absolute atomic E-state index is 0.235. The Morgan fingerprint density at radius 1 is 1.15 bits per heavy atom. The van der Waals surface area contributed by atoms with E-state index in [1.54, 1.807) is 0 Å². The zero-order valence-corrected chi connectivity index (χ0v) is 9.59. The fourth-order valence-electron chi connectivity index (χ4n) is 1.16. The lowest BCUT2D eigenvalue weighted by Gasteiger charge is -2.20. The Kier molecular flexibility index (Phi) is 4.24. The van der Waals surface area contributed by atoms with Crippen molar-refractivity contribution in [3.05, 3.63) is 30.3 Å². The summed E-state index contributed by atoms with van der Waals surface area (Å²) < 4.78 is 0. The Bertz CT molecular complexity index is 233. The lowest BCUT2D eigenvalue weighted by Crippen LogP contribution is -2.20. The molecule has 0 saturated heterocycles. The maximum atomic E-state index is 2.33. The number of para-hydroxylation sites is 1. The molecule has 1 nitrogen and oxygen atoms in total. The van der Waals surface area contributed by atoms with Crippen molar-refractivity contribution in [2.75, 3.05) is 38.0 Å². The van der Waals surface area contributed by atoms with Gasteiger partial charge >= 0.3 is 0 Å². The molecule has 0 amide bonds. The van der Waals surface area contributed by atoms with Gasteiger partial charge in [0.2, 0.25) is 0 Å². The van der Waals surface area contributed by atoms with Crippen molar-refractivity contribution < 1.29 is 0 Å². The number of benzene rings is 1. The first-order valence-electron chi connectivity index (χ1n) is 4.61. The molecule has 0 radical (unpaired) electrons. The van der Waals surface area contributed by atoms with E-state index in [4.69, 9.17) is 0 Å². The predicted molar refractivity (Wildman–Crippen MR) is 63.3 cm³/mol. The zero-order valence-electron chi connectivity index (χ0n) is 8.70. The lowest BCUT2D eigenvalue weighted by atomic mass is 10.3. The lowest BCUT2D eigenvalue weighted by molar-refractivity contribution is 0.973. The van der Waals surface area contributed by atoms with Crippen molar-refractivity contribution in [1.29, 1.82) is 0 Å². The molecule has 0 aliphatic heterocycles. The van der Waals surface area contributed by atoms with Crippen molar-refractivity contribution in [2.24, 2.45) is 0 Å². The normalized spacial score (nSPS) is 10.5. The monoisotopic (exact) mass is 195 g/mol. The van der Waals surface area contributed by atoms with Crippen LogP contribution in [0, 0.1) is 0 Å². The predicted octanol–water partition coefficient (Wildman–Crippen LogP) is 2.86. The third-order valence-corrected chi connectivity index (χ3v) is 3.17. The molecule has 0 bridgehead atoms. The second-order valence-corrected chi connectivity index (χ2v) is 6.17. The van der Waals surface area contributed by atoms with E-state index < -0.39 is 0 Å². The molecular weight excluding hydrogens is 177 g/mol. The number of hydrogen-bond donors (Lipinski definition) is 0. The van der Waals surface area contributed by atoms with E-state index in [1.807, 2.05) is 0 Å². The first-order valence-corrected chi connectivity index (χ1v) is 7.03. The molecule has 0 N–H and O–H groups in total. The summed E-state index contributed by atoms with van der Waals surface area (Å²) in [5.74, 6) is 0. The summed E-state index contributed by atoms with van der Waals surface area (Å²) in [7, 11) is 2.40. The Morgan fingerprint density at radius 3 is 2.31 bits per heavy atom. The van der Waals surface area contributed by atoms with E-state index in [0.717, 1.165) is 0 Å². The average molecular weight is 195 g/mol. The van der Waals surface area contributed by atoms with Crippen LogP contribution in [0.1, 0.15) is 0 Å². The Morgan fingerprint density at radius 2 is 1.77 bits per heavy atom. The van der Waals surface area contributed by atoms with Crippen LogP contribution in [0.2, 0.25) is 0 Å². The minimum Gasteiger partial charge on any atom is -0.374 e. The Balaban J connectivity index is 2.44. The molecule has 0 saturated carbocycles. The van der Waals surface area contributed by atoms with Crippen LogP contribution < -0.4 is 4.90 Å². The van der Waals surface area contributed by atoms with Crippen LogP contribution in [-0.4, -0.2) is 33.1 Å². The second kappa shape index (κ2) is 5.24. The van der Waals surface area contributed by atoms with Gasteiger partial charge in [-0.1, -0.05) is 18.2 Å². The second-order valence-electron chi connectivity index (χ2n) is 3.56. The third kappa shape index (κ3) is 3.78. The summed E-state index contributed by atoms with van der Waals surface area (Å²) in [6, 6.07) is 10.6. The van der Waals surface area contributed by atoms with Crippen molar-refractivity contribution in [3.63, 3.8) is 0 Å². The van der Waals surface area contributed by atoms with Gasteiger partial charge in [-0.2, -0.15) is 0 Å². The summed E-state index contributed by atoms with van der Waals surface area (Å²) >= 11 is 0. The first kappa shape index (κ1) is 10.5. The number of anilines is 1. The van der Waals surface area contributed by atoms with Crippen LogP contribution in [0.3, 0.4) is 0 Å². The van der Waals surface area contributed by atoms with Gasteiger partial charge in [0.1, 0.15) is 0 Å². The van der Waals surface area contributed by atoms with Crippen molar-refractivity contribution in [1.82, 2.24) is 0 Å². The van der Waals surface area contributed by atoms with Gasteiger partial charge in [-0.25, -0.2) is 0 Å². The highest BCUT2D eigenvalue weighted by Gasteiger charge is 2.00. The Hall–Kier alpha value is -0.550. The maximum absolute atomic E-state index is 2.33. The van der Waals surface area contributed by atoms with Crippen molar-refractivity contribution >= 4 is 13.6 Å². The van der Waals surface area contributed by atoms with Crippen LogP contribution >= 0.6 is 7.92 Å². The molecule has 0 unspecified atom stereocenters. The van der Waals surface area contributed by atoms with Crippen LogP contribution in [0.4, 0.5) is 5.69 Å². The minimum atomic E-state index is 0.235. The first-order chi connectivity index (χ1) is 6.20.